The minimum atomic E-state index is -0.516. The number of carbonyl (C=O) groups is 3. The molecule has 0 aliphatic heterocycles. The minimum Gasteiger partial charge on any atom is -0.313 e. The molecule has 3 aliphatic carbocycles. The van der Waals surface area contributed by atoms with Gasteiger partial charge in [-0.05, 0) is 78.8 Å². The molecule has 0 N–H and O–H groups in total. The van der Waals surface area contributed by atoms with Crippen LogP contribution in [0.25, 0.3) is 0 Å². The van der Waals surface area contributed by atoms with E-state index in [-0.39, 0.29) is 35.1 Å². The van der Waals surface area contributed by atoms with Crippen molar-refractivity contribution < 1.29 is 18.8 Å². The zero-order valence-corrected chi connectivity index (χ0v) is 21.7. The maximum Gasteiger partial charge on any atom is 0.231 e. The summed E-state index contributed by atoms with van der Waals surface area (Å²) in [5, 5.41) is 0.796. The molecule has 1 amide bonds. The lowest BCUT2D eigenvalue weighted by atomic mass is 9.73. The number of carbonyl (C=O) groups excluding carboxylic acids is 3. The Balaban J connectivity index is 1.32. The highest BCUT2D eigenvalue weighted by Crippen LogP contribution is 2.52. The molecule has 0 saturated heterocycles. The molecule has 7 atom stereocenters. The second-order valence-corrected chi connectivity index (χ2v) is 11.4. The number of rotatable bonds is 7. The van der Waals surface area contributed by atoms with E-state index in [4.69, 9.17) is 23.2 Å². The summed E-state index contributed by atoms with van der Waals surface area (Å²) >= 11 is 12.1. The highest BCUT2D eigenvalue weighted by Gasteiger charge is 2.48. The molecular formula is C29H28Cl2FNO3. The van der Waals surface area contributed by atoms with Crippen LogP contribution in [-0.4, -0.2) is 25.0 Å². The van der Waals surface area contributed by atoms with E-state index >= 15 is 4.39 Å². The molecule has 0 bridgehead atoms. The average Bonchev–Trinajstić information content (AvgIpc) is 3.78. The monoisotopic (exact) mass is 527 g/mol. The maximum atomic E-state index is 15.3. The number of hydrogen-bond acceptors (Lipinski definition) is 3. The standard InChI is InChI=1S/C29H28Cl2FNO3/c1-15-8-22(15)21-5-3-4-17(14-34)27(21)29(36)33(2)26-7-6-16(11-25(26)32)23-13-24(23)28(35)18-9-19(30)12-20(31)10-18/h3,5-7,9-12,14-15,17,21-24,27H,4,8,13H2,1-2H3/t15-,17?,21?,22?,23?,24?,27?/m0/s1. The van der Waals surface area contributed by atoms with Crippen molar-refractivity contribution in [2.75, 3.05) is 11.9 Å². The van der Waals surface area contributed by atoms with Crippen molar-refractivity contribution >= 4 is 46.9 Å². The van der Waals surface area contributed by atoms with E-state index in [1.165, 1.54) is 11.0 Å². The molecule has 2 saturated carbocycles. The van der Waals surface area contributed by atoms with E-state index in [9.17, 15) is 14.4 Å². The summed E-state index contributed by atoms with van der Waals surface area (Å²) in [5.41, 5.74) is 1.35. The van der Waals surface area contributed by atoms with Gasteiger partial charge in [0, 0.05) is 34.5 Å². The molecule has 0 spiro atoms. The maximum absolute atomic E-state index is 15.3. The van der Waals surface area contributed by atoms with Crippen LogP contribution in [0.15, 0.2) is 48.6 Å². The third-order valence-corrected chi connectivity index (χ3v) is 8.57. The Hall–Kier alpha value is -2.50. The fourth-order valence-electron chi connectivity index (χ4n) is 5.86. The number of nitrogens with zero attached hydrogens (tertiary/aromatic N) is 1. The first-order chi connectivity index (χ1) is 17.2. The molecule has 3 aliphatic rings. The van der Waals surface area contributed by atoms with Crippen molar-refractivity contribution in [2.45, 2.75) is 32.1 Å². The van der Waals surface area contributed by atoms with Gasteiger partial charge in [-0.2, -0.15) is 0 Å². The Bertz CT molecular complexity index is 1240. The van der Waals surface area contributed by atoms with E-state index in [1.54, 1.807) is 37.4 Å². The lowest BCUT2D eigenvalue weighted by Crippen LogP contribution is -2.43. The fraction of sp³-hybridized carbons (Fsp3) is 0.414. The van der Waals surface area contributed by atoms with Gasteiger partial charge in [0.15, 0.2) is 5.78 Å². The van der Waals surface area contributed by atoms with Crippen molar-refractivity contribution in [3.63, 3.8) is 0 Å². The van der Waals surface area contributed by atoms with E-state index in [1.807, 2.05) is 6.08 Å². The summed E-state index contributed by atoms with van der Waals surface area (Å²) < 4.78 is 15.3. The summed E-state index contributed by atoms with van der Waals surface area (Å²) in [5.74, 6) is -1.13. The van der Waals surface area contributed by atoms with Crippen molar-refractivity contribution in [3.8, 4) is 0 Å². The van der Waals surface area contributed by atoms with Crippen molar-refractivity contribution in [1.29, 1.82) is 0 Å². The van der Waals surface area contributed by atoms with E-state index in [0.29, 0.717) is 40.3 Å². The first kappa shape index (κ1) is 25.2. The zero-order valence-electron chi connectivity index (χ0n) is 20.2. The van der Waals surface area contributed by atoms with Gasteiger partial charge < -0.3 is 9.69 Å². The highest BCUT2D eigenvalue weighted by atomic mass is 35.5. The quantitative estimate of drug-likeness (QED) is 0.227. The molecular weight excluding hydrogens is 500 g/mol. The van der Waals surface area contributed by atoms with Crippen LogP contribution in [0, 0.1) is 41.3 Å². The summed E-state index contributed by atoms with van der Waals surface area (Å²) in [7, 11) is 1.57. The summed E-state index contributed by atoms with van der Waals surface area (Å²) in [6, 6.07) is 9.56. The average molecular weight is 528 g/mol. The number of aldehydes is 1. The zero-order chi connectivity index (χ0) is 25.7. The Morgan fingerprint density at radius 2 is 1.78 bits per heavy atom. The smallest absolute Gasteiger partial charge is 0.231 e. The number of halogens is 3. The number of amides is 1. The van der Waals surface area contributed by atoms with Crippen molar-refractivity contribution in [2.24, 2.45) is 35.5 Å². The number of benzene rings is 2. The number of hydrogen-bond donors (Lipinski definition) is 0. The van der Waals surface area contributed by atoms with Gasteiger partial charge in [-0.15, -0.1) is 0 Å². The van der Waals surface area contributed by atoms with Gasteiger partial charge in [-0.25, -0.2) is 4.39 Å². The molecule has 5 rings (SSSR count). The molecule has 0 radical (unpaired) electrons. The lowest BCUT2D eigenvalue weighted by Gasteiger charge is -2.34. The Morgan fingerprint density at radius 3 is 2.39 bits per heavy atom. The van der Waals surface area contributed by atoms with Gasteiger partial charge >= 0.3 is 0 Å². The molecule has 188 valence electrons. The molecule has 4 nitrogen and oxygen atoms in total. The van der Waals surface area contributed by atoms with Gasteiger partial charge in [0.2, 0.25) is 5.91 Å². The fourth-order valence-corrected chi connectivity index (χ4v) is 6.39. The van der Waals surface area contributed by atoms with Crippen LogP contribution in [0.1, 0.15) is 48.0 Å². The van der Waals surface area contributed by atoms with Crippen LogP contribution in [-0.2, 0) is 9.59 Å². The third kappa shape index (κ3) is 4.76. The second-order valence-electron chi connectivity index (χ2n) is 10.5. The van der Waals surface area contributed by atoms with Crippen LogP contribution in [0.4, 0.5) is 10.1 Å². The molecule has 6 unspecified atom stereocenters. The molecule has 7 heteroatoms. The van der Waals surface area contributed by atoms with Gasteiger partial charge in [-0.1, -0.05) is 48.3 Å². The third-order valence-electron chi connectivity index (χ3n) is 8.13. The summed E-state index contributed by atoms with van der Waals surface area (Å²) in [6.45, 7) is 2.16. The van der Waals surface area contributed by atoms with Gasteiger partial charge in [0.1, 0.15) is 12.1 Å². The molecule has 0 aromatic heterocycles. The topological polar surface area (TPSA) is 54.5 Å². The number of Topliss-reactive ketones (excluding diaryl/α,β-unsaturated/α-hetero) is 1. The number of anilines is 1. The van der Waals surface area contributed by atoms with Crippen LogP contribution in [0.5, 0.6) is 0 Å². The molecule has 2 fully saturated rings. The first-order valence-electron chi connectivity index (χ1n) is 12.4. The first-order valence-corrected chi connectivity index (χ1v) is 13.1. The van der Waals surface area contributed by atoms with Crippen LogP contribution < -0.4 is 4.90 Å². The summed E-state index contributed by atoms with van der Waals surface area (Å²) in [4.78, 5) is 39.6. The number of allylic oxidation sites excluding steroid dienone is 2. The van der Waals surface area contributed by atoms with Crippen molar-refractivity contribution in [1.82, 2.24) is 0 Å². The predicted octanol–water partition coefficient (Wildman–Crippen LogP) is 6.75. The molecule has 2 aromatic carbocycles. The van der Waals surface area contributed by atoms with Gasteiger partial charge in [0.05, 0.1) is 11.6 Å². The molecule has 2 aromatic rings. The lowest BCUT2D eigenvalue weighted by molar-refractivity contribution is -0.129. The van der Waals surface area contributed by atoms with Gasteiger partial charge in [0.25, 0.3) is 0 Å². The van der Waals surface area contributed by atoms with E-state index in [0.717, 1.165) is 18.3 Å². The van der Waals surface area contributed by atoms with E-state index < -0.39 is 17.7 Å². The Labute approximate surface area is 220 Å². The Morgan fingerprint density at radius 1 is 1.08 bits per heavy atom. The van der Waals surface area contributed by atoms with Gasteiger partial charge in [-0.3, -0.25) is 9.59 Å². The minimum absolute atomic E-state index is 0.000498. The van der Waals surface area contributed by atoms with Crippen LogP contribution in [0.2, 0.25) is 10.0 Å². The van der Waals surface area contributed by atoms with Crippen LogP contribution >= 0.6 is 23.2 Å². The Kier molecular flexibility index (Phi) is 6.82. The number of ketones is 1. The SMILES string of the molecule is C[C@H]1CC1C1C=CCC(C=O)C1C(=O)N(C)c1ccc(C2CC2C(=O)c2cc(Cl)cc(Cl)c2)cc1F. The van der Waals surface area contributed by atoms with Crippen LogP contribution in [0.3, 0.4) is 0 Å². The predicted molar refractivity (Wildman–Crippen MR) is 139 cm³/mol. The van der Waals surface area contributed by atoms with Crippen molar-refractivity contribution in [3.05, 3.63) is 75.5 Å². The molecule has 36 heavy (non-hydrogen) atoms. The highest BCUT2D eigenvalue weighted by molar-refractivity contribution is 6.35. The second kappa shape index (κ2) is 9.75. The molecule has 0 heterocycles. The normalized spacial score (nSPS) is 30.5. The largest absolute Gasteiger partial charge is 0.313 e. The van der Waals surface area contributed by atoms with E-state index in [2.05, 4.69) is 13.0 Å². The summed E-state index contributed by atoms with van der Waals surface area (Å²) in [6.07, 6.45) is 7.13.